The molecule has 0 spiro atoms. The van der Waals surface area contributed by atoms with E-state index in [4.69, 9.17) is 4.74 Å². The zero-order chi connectivity index (χ0) is 22.3. The number of aromatic nitrogens is 2. The van der Waals surface area contributed by atoms with Crippen molar-refractivity contribution in [2.75, 3.05) is 11.4 Å². The lowest BCUT2D eigenvalue weighted by Crippen LogP contribution is -2.42. The Morgan fingerprint density at radius 2 is 2.00 bits per heavy atom. The SMILES string of the molecule is Cc1ccc(C)c(OCc2csc(C(=O)N3CCC(C(F)(F)F)n4nc(C)cc43)c2)c1. The molecule has 0 radical (unpaired) electrons. The molecule has 164 valence electrons. The maximum atomic E-state index is 13.4. The monoisotopic (exact) mass is 449 g/mol. The standard InChI is InChI=1S/C22H22F3N3O2S/c1-13-4-5-14(2)17(8-13)30-11-16-10-18(31-12-16)21(29)27-7-6-19(22(23,24)25)28-20(27)9-15(3)26-28/h4-5,8-10,12,19H,6-7,11H2,1-3H3. The number of hydrogen-bond acceptors (Lipinski definition) is 4. The highest BCUT2D eigenvalue weighted by Gasteiger charge is 2.46. The first kappa shape index (κ1) is 21.4. The molecule has 0 saturated heterocycles. The van der Waals surface area contributed by atoms with Gasteiger partial charge in [0.1, 0.15) is 18.2 Å². The van der Waals surface area contributed by atoms with Crippen LogP contribution in [0.25, 0.3) is 0 Å². The van der Waals surface area contributed by atoms with E-state index >= 15 is 0 Å². The number of nitrogens with zero attached hydrogens (tertiary/aromatic N) is 3. The van der Waals surface area contributed by atoms with E-state index in [9.17, 15) is 18.0 Å². The first-order chi connectivity index (χ1) is 14.6. The number of ether oxygens (including phenoxy) is 1. The molecule has 4 rings (SSSR count). The Morgan fingerprint density at radius 1 is 1.23 bits per heavy atom. The number of rotatable bonds is 4. The predicted molar refractivity (Wildman–Crippen MR) is 113 cm³/mol. The lowest BCUT2D eigenvalue weighted by Gasteiger charge is -2.33. The van der Waals surface area contributed by atoms with E-state index < -0.39 is 12.2 Å². The molecular formula is C22H22F3N3O2S. The van der Waals surface area contributed by atoms with Crippen LogP contribution in [0.2, 0.25) is 0 Å². The summed E-state index contributed by atoms with van der Waals surface area (Å²) in [7, 11) is 0. The average Bonchev–Trinajstić information content (AvgIpc) is 3.32. The van der Waals surface area contributed by atoms with Gasteiger partial charge in [-0.1, -0.05) is 12.1 Å². The number of carbonyl (C=O) groups excluding carboxylic acids is 1. The predicted octanol–water partition coefficient (Wildman–Crippen LogP) is 5.60. The smallest absolute Gasteiger partial charge is 0.410 e. The quantitative estimate of drug-likeness (QED) is 0.521. The van der Waals surface area contributed by atoms with E-state index in [0.717, 1.165) is 27.1 Å². The fraction of sp³-hybridized carbons (Fsp3) is 0.364. The number of benzene rings is 1. The third-order valence-corrected chi connectivity index (χ3v) is 6.23. The molecule has 1 aliphatic rings. The van der Waals surface area contributed by atoms with Crippen LogP contribution in [0.15, 0.2) is 35.7 Å². The van der Waals surface area contributed by atoms with Crippen LogP contribution in [0, 0.1) is 20.8 Å². The lowest BCUT2D eigenvalue weighted by molar-refractivity contribution is -0.172. The number of aryl methyl sites for hydroxylation is 3. The fourth-order valence-corrected chi connectivity index (χ4v) is 4.50. The Hall–Kier alpha value is -2.81. The molecule has 1 atom stereocenters. The molecular weight excluding hydrogens is 427 g/mol. The van der Waals surface area contributed by atoms with E-state index in [-0.39, 0.29) is 24.7 Å². The van der Waals surface area contributed by atoms with Gasteiger partial charge in [-0.25, -0.2) is 4.68 Å². The van der Waals surface area contributed by atoms with E-state index in [0.29, 0.717) is 17.2 Å². The summed E-state index contributed by atoms with van der Waals surface area (Å²) in [6, 6.07) is 7.50. The molecule has 5 nitrogen and oxygen atoms in total. The van der Waals surface area contributed by atoms with Gasteiger partial charge in [0.05, 0.1) is 10.6 Å². The lowest BCUT2D eigenvalue weighted by atomic mass is 10.1. The van der Waals surface area contributed by atoms with Gasteiger partial charge in [0, 0.05) is 18.2 Å². The second-order valence-electron chi connectivity index (χ2n) is 7.77. The van der Waals surface area contributed by atoms with Crippen LogP contribution in [-0.4, -0.2) is 28.4 Å². The summed E-state index contributed by atoms with van der Waals surface area (Å²) in [5, 5.41) is 5.83. The second-order valence-corrected chi connectivity index (χ2v) is 8.68. The highest BCUT2D eigenvalue weighted by molar-refractivity contribution is 7.12. The molecule has 1 aliphatic heterocycles. The molecule has 1 aromatic carbocycles. The maximum Gasteiger partial charge on any atom is 0.410 e. The second kappa shape index (κ2) is 8.03. The van der Waals surface area contributed by atoms with E-state index in [1.54, 1.807) is 13.0 Å². The normalized spacial score (nSPS) is 16.3. The largest absolute Gasteiger partial charge is 0.489 e. The van der Waals surface area contributed by atoms with Crippen molar-refractivity contribution in [1.29, 1.82) is 0 Å². The first-order valence-electron chi connectivity index (χ1n) is 9.85. The van der Waals surface area contributed by atoms with Crippen LogP contribution in [0.4, 0.5) is 19.0 Å². The number of hydrogen-bond donors (Lipinski definition) is 0. The van der Waals surface area contributed by atoms with Crippen LogP contribution in [0.1, 0.15) is 44.5 Å². The van der Waals surface area contributed by atoms with Gasteiger partial charge in [-0.3, -0.25) is 9.69 Å². The van der Waals surface area contributed by atoms with Crippen LogP contribution >= 0.6 is 11.3 Å². The number of fused-ring (bicyclic) bond motifs is 1. The first-order valence-corrected chi connectivity index (χ1v) is 10.7. The van der Waals surface area contributed by atoms with Gasteiger partial charge in [-0.2, -0.15) is 18.3 Å². The van der Waals surface area contributed by atoms with Crippen molar-refractivity contribution in [2.45, 2.75) is 46.0 Å². The van der Waals surface area contributed by atoms with Gasteiger partial charge >= 0.3 is 6.18 Å². The molecule has 3 aromatic rings. The van der Waals surface area contributed by atoms with Crippen molar-refractivity contribution in [1.82, 2.24) is 9.78 Å². The van der Waals surface area contributed by atoms with Crippen LogP contribution in [0.5, 0.6) is 5.75 Å². The molecule has 0 fully saturated rings. The summed E-state index contributed by atoms with van der Waals surface area (Å²) < 4.78 is 47.0. The van der Waals surface area contributed by atoms with Crippen molar-refractivity contribution < 1.29 is 22.7 Å². The van der Waals surface area contributed by atoms with Crippen molar-refractivity contribution in [3.8, 4) is 5.75 Å². The summed E-state index contributed by atoms with van der Waals surface area (Å²) >= 11 is 1.26. The number of amides is 1. The molecule has 3 heterocycles. The molecule has 0 bridgehead atoms. The summed E-state index contributed by atoms with van der Waals surface area (Å²) in [6.07, 6.45) is -4.64. The van der Waals surface area contributed by atoms with Gasteiger partial charge < -0.3 is 4.74 Å². The minimum absolute atomic E-state index is 0.0135. The number of alkyl halides is 3. The molecule has 0 saturated carbocycles. The topological polar surface area (TPSA) is 47.4 Å². The Bertz CT molecular complexity index is 1120. The van der Waals surface area contributed by atoms with Gasteiger partial charge in [0.15, 0.2) is 6.04 Å². The van der Waals surface area contributed by atoms with Gasteiger partial charge in [0.2, 0.25) is 0 Å². The van der Waals surface area contributed by atoms with Crippen molar-refractivity contribution in [2.24, 2.45) is 0 Å². The summed E-state index contributed by atoms with van der Waals surface area (Å²) in [5.74, 6) is 0.634. The fourth-order valence-electron chi connectivity index (χ4n) is 3.65. The Balaban J connectivity index is 1.51. The molecule has 31 heavy (non-hydrogen) atoms. The van der Waals surface area contributed by atoms with Gasteiger partial charge in [-0.15, -0.1) is 11.3 Å². The van der Waals surface area contributed by atoms with Crippen molar-refractivity contribution >= 4 is 23.1 Å². The van der Waals surface area contributed by atoms with Crippen LogP contribution in [0.3, 0.4) is 0 Å². The van der Waals surface area contributed by atoms with E-state index in [2.05, 4.69) is 5.10 Å². The highest BCUT2D eigenvalue weighted by atomic mass is 32.1. The molecule has 9 heteroatoms. The summed E-state index contributed by atoms with van der Waals surface area (Å²) in [5.41, 5.74) is 3.39. The molecule has 2 aromatic heterocycles. The molecule has 1 amide bonds. The Labute approximate surface area is 182 Å². The highest BCUT2D eigenvalue weighted by Crippen LogP contribution is 2.40. The Kier molecular flexibility index (Phi) is 5.55. The number of thiophene rings is 1. The molecule has 0 aliphatic carbocycles. The van der Waals surface area contributed by atoms with E-state index in [1.165, 1.54) is 22.3 Å². The summed E-state index contributed by atoms with van der Waals surface area (Å²) in [4.78, 5) is 14.9. The third kappa shape index (κ3) is 4.32. The summed E-state index contributed by atoms with van der Waals surface area (Å²) in [6.45, 7) is 5.87. The molecule has 1 unspecified atom stereocenters. The zero-order valence-corrected chi connectivity index (χ0v) is 18.2. The van der Waals surface area contributed by atoms with Gasteiger partial charge in [0.25, 0.3) is 5.91 Å². The number of anilines is 1. The van der Waals surface area contributed by atoms with Crippen molar-refractivity contribution in [3.63, 3.8) is 0 Å². The Morgan fingerprint density at radius 3 is 2.74 bits per heavy atom. The minimum atomic E-state index is -4.41. The average molecular weight is 449 g/mol. The third-order valence-electron chi connectivity index (χ3n) is 5.26. The number of halogens is 3. The van der Waals surface area contributed by atoms with Crippen molar-refractivity contribution in [3.05, 3.63) is 63.0 Å². The van der Waals surface area contributed by atoms with Gasteiger partial charge in [-0.05, 0) is 55.8 Å². The maximum absolute atomic E-state index is 13.4. The van der Waals surface area contributed by atoms with Crippen LogP contribution < -0.4 is 9.64 Å². The van der Waals surface area contributed by atoms with E-state index in [1.807, 2.05) is 37.4 Å². The van der Waals surface area contributed by atoms with Crippen LogP contribution in [-0.2, 0) is 6.61 Å². The minimum Gasteiger partial charge on any atom is -0.489 e. The molecule has 0 N–H and O–H groups in total. The zero-order valence-electron chi connectivity index (χ0n) is 17.4. The number of carbonyl (C=O) groups is 1.